The Balaban J connectivity index is 1.46. The Bertz CT molecular complexity index is 922. The highest BCUT2D eigenvalue weighted by Crippen LogP contribution is 2.30. The second kappa shape index (κ2) is 8.63. The number of para-hydroxylation sites is 2. The second-order valence-electron chi connectivity index (χ2n) is 6.64. The van der Waals surface area contributed by atoms with Gasteiger partial charge in [-0.3, -0.25) is 20.4 Å². The van der Waals surface area contributed by atoms with E-state index in [4.69, 9.17) is 18.7 Å². The number of esters is 1. The van der Waals surface area contributed by atoms with Gasteiger partial charge >= 0.3 is 5.97 Å². The topological polar surface area (TPSA) is 129 Å². The Kier molecular flexibility index (Phi) is 6.01. The zero-order valence-corrected chi connectivity index (χ0v) is 16.2. The Hall–Kier alpha value is -3.56. The third kappa shape index (κ3) is 4.65. The summed E-state index contributed by atoms with van der Waals surface area (Å²) in [7, 11) is 0. The molecular weight excluding hydrogens is 382 g/mol. The van der Waals surface area contributed by atoms with Crippen molar-refractivity contribution in [3.8, 4) is 11.5 Å². The molecule has 29 heavy (non-hydrogen) atoms. The molecule has 3 rings (SSSR count). The molecule has 2 amide bonds. The molecule has 1 aliphatic heterocycles. The summed E-state index contributed by atoms with van der Waals surface area (Å²) >= 11 is 0. The molecule has 2 aromatic rings. The van der Waals surface area contributed by atoms with Crippen molar-refractivity contribution < 1.29 is 33.1 Å². The molecule has 2 heterocycles. The number of aromatic nitrogens is 1. The van der Waals surface area contributed by atoms with E-state index in [0.29, 0.717) is 23.0 Å². The Morgan fingerprint density at radius 2 is 1.93 bits per heavy atom. The molecule has 0 saturated carbocycles. The minimum atomic E-state index is -0.930. The van der Waals surface area contributed by atoms with Crippen molar-refractivity contribution in [2.45, 2.75) is 32.8 Å². The number of aryl methyl sites for hydroxylation is 1. The van der Waals surface area contributed by atoms with Crippen LogP contribution in [0.2, 0.25) is 0 Å². The molecule has 1 atom stereocenters. The normalized spacial score (nSPS) is 15.0. The maximum Gasteiger partial charge on any atom is 0.344 e. The summed E-state index contributed by atoms with van der Waals surface area (Å²) in [5.74, 6) is -0.762. The van der Waals surface area contributed by atoms with E-state index in [-0.39, 0.29) is 18.1 Å². The minimum Gasteiger partial charge on any atom is -0.485 e. The first-order chi connectivity index (χ1) is 13.9. The number of amides is 2. The fourth-order valence-electron chi connectivity index (χ4n) is 2.63. The molecule has 0 spiro atoms. The van der Waals surface area contributed by atoms with Gasteiger partial charge in [-0.25, -0.2) is 4.79 Å². The molecule has 0 fully saturated rings. The molecule has 0 aliphatic carbocycles. The molecule has 2 N–H and O–H groups in total. The molecule has 0 radical (unpaired) electrons. The van der Waals surface area contributed by atoms with Gasteiger partial charge < -0.3 is 18.7 Å². The van der Waals surface area contributed by atoms with Crippen LogP contribution in [0, 0.1) is 6.92 Å². The number of fused-ring (bicyclic) bond motifs is 1. The van der Waals surface area contributed by atoms with Crippen molar-refractivity contribution in [2.24, 2.45) is 0 Å². The van der Waals surface area contributed by atoms with Gasteiger partial charge in [0.05, 0.1) is 5.69 Å². The van der Waals surface area contributed by atoms with E-state index in [1.807, 2.05) is 13.8 Å². The van der Waals surface area contributed by atoms with Crippen LogP contribution >= 0.6 is 0 Å². The summed E-state index contributed by atoms with van der Waals surface area (Å²) in [6.07, 6.45) is -0.930. The number of nitrogens with one attached hydrogen (secondary N) is 2. The van der Waals surface area contributed by atoms with Gasteiger partial charge in [0.15, 0.2) is 23.9 Å². The summed E-state index contributed by atoms with van der Waals surface area (Å²) in [5.41, 5.74) is 4.96. The van der Waals surface area contributed by atoms with E-state index < -0.39 is 30.5 Å². The second-order valence-corrected chi connectivity index (χ2v) is 6.64. The summed E-state index contributed by atoms with van der Waals surface area (Å²) in [6.45, 7) is 4.70. The molecular formula is C19H21N3O7. The monoisotopic (exact) mass is 403 g/mol. The molecule has 1 aromatic heterocycles. The number of carbonyl (C=O) groups excluding carboxylic acids is 3. The lowest BCUT2D eigenvalue weighted by molar-refractivity contribution is -0.135. The van der Waals surface area contributed by atoms with Gasteiger partial charge in [0.1, 0.15) is 12.2 Å². The van der Waals surface area contributed by atoms with Crippen LogP contribution in [0.25, 0.3) is 0 Å². The summed E-state index contributed by atoms with van der Waals surface area (Å²) < 4.78 is 21.1. The first kappa shape index (κ1) is 20.2. The smallest absolute Gasteiger partial charge is 0.344 e. The predicted molar refractivity (Wildman–Crippen MR) is 98.2 cm³/mol. The number of ether oxygens (including phenoxy) is 3. The third-order valence-corrected chi connectivity index (χ3v) is 4.08. The van der Waals surface area contributed by atoms with Crippen LogP contribution in [0.1, 0.15) is 41.6 Å². The van der Waals surface area contributed by atoms with Crippen molar-refractivity contribution in [1.82, 2.24) is 16.0 Å². The minimum absolute atomic E-state index is 0.00154. The number of hydrazine groups is 1. The first-order valence-corrected chi connectivity index (χ1v) is 8.97. The maximum atomic E-state index is 12.2. The average Bonchev–Trinajstić information content (AvgIpc) is 3.11. The lowest BCUT2D eigenvalue weighted by Crippen LogP contribution is -2.51. The molecule has 0 bridgehead atoms. The summed E-state index contributed by atoms with van der Waals surface area (Å²) in [5, 5.41) is 3.75. The van der Waals surface area contributed by atoms with E-state index in [1.54, 1.807) is 31.2 Å². The standard InChI is InChI=1S/C19H21N3O7/c1-10(2)17-16(11(3)22-29-17)19(25)27-9-15(23)20-21-18(24)14-8-26-12-6-4-5-7-13(12)28-14/h4-7,10,14H,8-9H2,1-3H3,(H,20,23)(H,21,24)/t14-/m0/s1. The Labute approximate surface area is 166 Å². The van der Waals surface area contributed by atoms with Crippen molar-refractivity contribution >= 4 is 17.8 Å². The average molecular weight is 403 g/mol. The van der Waals surface area contributed by atoms with E-state index in [9.17, 15) is 14.4 Å². The molecule has 0 unspecified atom stereocenters. The molecule has 10 heteroatoms. The van der Waals surface area contributed by atoms with Gasteiger partial charge in [-0.05, 0) is 19.1 Å². The molecule has 10 nitrogen and oxygen atoms in total. The van der Waals surface area contributed by atoms with Gasteiger partial charge in [-0.1, -0.05) is 31.1 Å². The third-order valence-electron chi connectivity index (χ3n) is 4.08. The van der Waals surface area contributed by atoms with E-state index in [0.717, 1.165) is 0 Å². The number of benzene rings is 1. The predicted octanol–water partition coefficient (Wildman–Crippen LogP) is 1.25. The van der Waals surface area contributed by atoms with Crippen LogP contribution < -0.4 is 20.3 Å². The first-order valence-electron chi connectivity index (χ1n) is 8.97. The number of nitrogens with zero attached hydrogens (tertiary/aromatic N) is 1. The SMILES string of the molecule is Cc1noc(C(C)C)c1C(=O)OCC(=O)NNC(=O)[C@@H]1COc2ccccc2O1. The largest absolute Gasteiger partial charge is 0.485 e. The fourth-order valence-corrected chi connectivity index (χ4v) is 2.63. The zero-order valence-electron chi connectivity index (χ0n) is 16.2. The van der Waals surface area contributed by atoms with Gasteiger partial charge in [0.2, 0.25) is 6.10 Å². The van der Waals surface area contributed by atoms with Gasteiger partial charge in [0.25, 0.3) is 11.8 Å². The highest BCUT2D eigenvalue weighted by molar-refractivity contribution is 5.93. The van der Waals surface area contributed by atoms with Crippen LogP contribution in [0.5, 0.6) is 11.5 Å². The molecule has 0 saturated heterocycles. The van der Waals surface area contributed by atoms with Gasteiger partial charge in [-0.15, -0.1) is 0 Å². The van der Waals surface area contributed by atoms with Gasteiger partial charge in [0, 0.05) is 5.92 Å². The number of carbonyl (C=O) groups is 3. The number of rotatable bonds is 5. The van der Waals surface area contributed by atoms with E-state index >= 15 is 0 Å². The molecule has 1 aromatic carbocycles. The van der Waals surface area contributed by atoms with E-state index in [1.165, 1.54) is 0 Å². The fraction of sp³-hybridized carbons (Fsp3) is 0.368. The highest BCUT2D eigenvalue weighted by Gasteiger charge is 2.28. The van der Waals surface area contributed by atoms with Crippen LogP contribution in [-0.2, 0) is 14.3 Å². The van der Waals surface area contributed by atoms with Crippen LogP contribution in [0.3, 0.4) is 0 Å². The summed E-state index contributed by atoms with van der Waals surface area (Å²) in [6, 6.07) is 6.93. The molecule has 154 valence electrons. The van der Waals surface area contributed by atoms with Crippen molar-refractivity contribution in [3.05, 3.63) is 41.3 Å². The van der Waals surface area contributed by atoms with Crippen molar-refractivity contribution in [1.29, 1.82) is 0 Å². The lowest BCUT2D eigenvalue weighted by Gasteiger charge is -2.25. The highest BCUT2D eigenvalue weighted by atomic mass is 16.6. The summed E-state index contributed by atoms with van der Waals surface area (Å²) in [4.78, 5) is 36.3. The maximum absolute atomic E-state index is 12.2. The van der Waals surface area contributed by atoms with Crippen LogP contribution in [-0.4, -0.2) is 42.3 Å². The van der Waals surface area contributed by atoms with Crippen molar-refractivity contribution in [3.63, 3.8) is 0 Å². The Morgan fingerprint density at radius 1 is 1.21 bits per heavy atom. The number of hydrogen-bond acceptors (Lipinski definition) is 8. The van der Waals surface area contributed by atoms with E-state index in [2.05, 4.69) is 16.0 Å². The molecule has 1 aliphatic rings. The lowest BCUT2D eigenvalue weighted by atomic mass is 10.1. The van der Waals surface area contributed by atoms with Crippen molar-refractivity contribution in [2.75, 3.05) is 13.2 Å². The van der Waals surface area contributed by atoms with Crippen LogP contribution in [0.4, 0.5) is 0 Å². The quantitative estimate of drug-likeness (QED) is 0.564. The zero-order chi connectivity index (χ0) is 21.0. The Morgan fingerprint density at radius 3 is 2.66 bits per heavy atom. The number of hydrogen-bond donors (Lipinski definition) is 2. The van der Waals surface area contributed by atoms with Crippen LogP contribution in [0.15, 0.2) is 28.8 Å². The van der Waals surface area contributed by atoms with Gasteiger partial charge in [-0.2, -0.15) is 0 Å².